The van der Waals surface area contributed by atoms with E-state index in [0.29, 0.717) is 47.2 Å². The maximum Gasteiger partial charge on any atom is 0.232 e. The summed E-state index contributed by atoms with van der Waals surface area (Å²) in [5.74, 6) is 2.61. The third-order valence-electron chi connectivity index (χ3n) is 17.9. The predicted molar refractivity (Wildman–Crippen MR) is 193 cm³/mol. The molecule has 4 saturated heterocycles. The number of carbonyl (C=O) groups is 2. The van der Waals surface area contributed by atoms with Crippen LogP contribution in [0.1, 0.15) is 144 Å². The van der Waals surface area contributed by atoms with Crippen molar-refractivity contribution < 1.29 is 19.1 Å². The summed E-state index contributed by atoms with van der Waals surface area (Å²) >= 11 is 0. The van der Waals surface area contributed by atoms with E-state index in [2.05, 4.69) is 51.8 Å². The number of ether oxygens (including phenoxy) is 2. The zero-order valence-corrected chi connectivity index (χ0v) is 32.0. The summed E-state index contributed by atoms with van der Waals surface area (Å²) in [6, 6.07) is 0.812. The van der Waals surface area contributed by atoms with Gasteiger partial charge in [-0.2, -0.15) is 0 Å². The van der Waals surface area contributed by atoms with Gasteiger partial charge in [0.15, 0.2) is 5.79 Å². The highest BCUT2D eigenvalue weighted by molar-refractivity contribution is 5.97. The molecule has 4 aliphatic carbocycles. The minimum atomic E-state index is -0.353. The fourth-order valence-corrected chi connectivity index (χ4v) is 14.6. The number of piperidine rings is 2. The molecule has 1 N–H and O–H groups in total. The van der Waals surface area contributed by atoms with Crippen molar-refractivity contribution >= 4 is 11.8 Å². The van der Waals surface area contributed by atoms with Crippen LogP contribution in [0.15, 0.2) is 0 Å². The number of fused-ring (bicyclic) bond motifs is 7. The average Bonchev–Trinajstić information content (AvgIpc) is 3.48. The molecule has 0 aromatic carbocycles. The Balaban J connectivity index is 0.880. The number of rotatable bonds is 4. The van der Waals surface area contributed by atoms with E-state index in [1.54, 1.807) is 0 Å². The normalized spacial score (nSPS) is 50.3. The van der Waals surface area contributed by atoms with Gasteiger partial charge in [0.1, 0.15) is 6.42 Å². The molecule has 7 heteroatoms. The highest BCUT2D eigenvalue weighted by atomic mass is 16.7. The monoisotopic (exact) mass is 680 g/mol. The molecule has 4 heterocycles. The van der Waals surface area contributed by atoms with E-state index in [-0.39, 0.29) is 46.3 Å². The Morgan fingerprint density at radius 2 is 1.51 bits per heavy atom. The van der Waals surface area contributed by atoms with Crippen LogP contribution in [-0.2, 0) is 19.1 Å². The van der Waals surface area contributed by atoms with Crippen LogP contribution >= 0.6 is 0 Å². The first-order valence-corrected chi connectivity index (χ1v) is 20.9. The van der Waals surface area contributed by atoms with Gasteiger partial charge in [-0.25, -0.2) is 0 Å². The second kappa shape index (κ2) is 12.5. The fraction of sp³-hybridized carbons (Fsp3) is 0.952. The fourth-order valence-electron chi connectivity index (χ4n) is 14.6. The summed E-state index contributed by atoms with van der Waals surface area (Å²) in [5.41, 5.74) is 1.13. The third-order valence-corrected chi connectivity index (χ3v) is 17.9. The molecule has 8 fully saturated rings. The number of nitrogens with zero attached hydrogens (tertiary/aromatic N) is 2. The topological polar surface area (TPSA) is 71.1 Å². The van der Waals surface area contributed by atoms with Crippen LogP contribution in [0.4, 0.5) is 0 Å². The smallest absolute Gasteiger partial charge is 0.232 e. The summed E-state index contributed by atoms with van der Waals surface area (Å²) in [5, 5.41) is 3.37. The molecule has 4 aliphatic heterocycles. The van der Waals surface area contributed by atoms with Gasteiger partial charge in [0.05, 0.1) is 12.7 Å². The van der Waals surface area contributed by atoms with E-state index in [9.17, 15) is 9.59 Å². The third kappa shape index (κ3) is 5.33. The van der Waals surface area contributed by atoms with E-state index in [0.717, 1.165) is 51.8 Å². The molecule has 8 aliphatic rings. The first-order chi connectivity index (χ1) is 23.3. The van der Waals surface area contributed by atoms with Crippen molar-refractivity contribution in [3.63, 3.8) is 0 Å². The Morgan fingerprint density at radius 3 is 2.22 bits per heavy atom. The van der Waals surface area contributed by atoms with Crippen molar-refractivity contribution in [3.8, 4) is 0 Å². The highest BCUT2D eigenvalue weighted by Gasteiger charge is 2.75. The summed E-state index contributed by atoms with van der Waals surface area (Å²) in [6.07, 6.45) is 18.3. The maximum absolute atomic E-state index is 13.3. The summed E-state index contributed by atoms with van der Waals surface area (Å²) in [7, 11) is 0. The lowest BCUT2D eigenvalue weighted by atomic mass is 9.35. The Hall–Kier alpha value is -1.18. The number of hydrogen-bond donors (Lipinski definition) is 1. The second-order valence-electron chi connectivity index (χ2n) is 19.9. The zero-order valence-electron chi connectivity index (χ0n) is 32.0. The van der Waals surface area contributed by atoms with E-state index >= 15 is 0 Å². The van der Waals surface area contributed by atoms with Crippen LogP contribution < -0.4 is 5.32 Å². The van der Waals surface area contributed by atoms with Gasteiger partial charge in [-0.3, -0.25) is 9.59 Å². The number of likely N-dealkylation sites (tertiary alicyclic amines) is 2. The van der Waals surface area contributed by atoms with Crippen LogP contribution in [0.3, 0.4) is 0 Å². The largest absolute Gasteiger partial charge is 0.353 e. The molecule has 0 bridgehead atoms. The van der Waals surface area contributed by atoms with Crippen molar-refractivity contribution in [2.45, 2.75) is 168 Å². The molecule has 276 valence electrons. The maximum atomic E-state index is 13.3. The van der Waals surface area contributed by atoms with Gasteiger partial charge < -0.3 is 24.6 Å². The molecule has 0 aromatic heterocycles. The van der Waals surface area contributed by atoms with Gasteiger partial charge in [0.25, 0.3) is 0 Å². The van der Waals surface area contributed by atoms with Gasteiger partial charge in [-0.05, 0) is 142 Å². The Morgan fingerprint density at radius 1 is 0.776 bits per heavy atom. The molecule has 1 spiro atoms. The van der Waals surface area contributed by atoms with Crippen molar-refractivity contribution in [1.29, 1.82) is 0 Å². The second-order valence-corrected chi connectivity index (χ2v) is 19.9. The zero-order chi connectivity index (χ0) is 34.4. The molecular weight excluding hydrogens is 610 g/mol. The van der Waals surface area contributed by atoms with Gasteiger partial charge >= 0.3 is 0 Å². The number of nitrogens with one attached hydrogen (secondary N) is 1. The molecule has 0 unspecified atom stereocenters. The number of carbonyl (C=O) groups excluding carboxylic acids is 2. The van der Waals surface area contributed by atoms with Gasteiger partial charge in [0.2, 0.25) is 11.8 Å². The SMILES string of the molecule is C[C@H]1CC[C@@]2(OC1)O[C@H]1C[C@@]3(C)[C@@H]4CC[C@@H]5C[C@H](NC(=O)CC(=O)N6CCC(N7CCCCC7)CC6)CC[C@]5(C)[C@@]4(C)CC[C@]3(C)[C@H]1[C@@H]2C. The summed E-state index contributed by atoms with van der Waals surface area (Å²) in [4.78, 5) is 31.1. The predicted octanol–water partition coefficient (Wildman–Crippen LogP) is 7.56. The van der Waals surface area contributed by atoms with Crippen LogP contribution in [0, 0.1) is 51.2 Å². The van der Waals surface area contributed by atoms with Crippen molar-refractivity contribution in [2.75, 3.05) is 32.8 Å². The van der Waals surface area contributed by atoms with Crippen LogP contribution in [0.25, 0.3) is 0 Å². The van der Waals surface area contributed by atoms with E-state index in [1.165, 1.54) is 77.3 Å². The minimum Gasteiger partial charge on any atom is -0.353 e. The van der Waals surface area contributed by atoms with Gasteiger partial charge in [-0.1, -0.05) is 48.0 Å². The van der Waals surface area contributed by atoms with Gasteiger partial charge in [-0.15, -0.1) is 0 Å². The average molecular weight is 680 g/mol. The Kier molecular flexibility index (Phi) is 8.87. The lowest BCUT2D eigenvalue weighted by Crippen LogP contribution is -2.64. The summed E-state index contributed by atoms with van der Waals surface area (Å²) in [6.45, 7) is 20.3. The molecule has 12 atom stereocenters. The standard InChI is InChI=1S/C42H69N3O4/c1-28-12-17-42(48-27-28)29(2)37-33(49-42)26-41(6)34-11-10-30-24-31(13-16-38(30,3)39(34,4)18-19-40(37,41)5)43-35(46)25-36(47)45-22-14-32(15-23-45)44-20-8-7-9-21-44/h28-34,37H,7-27H2,1-6H3,(H,43,46)/t28-,29-,30+,31+,33-,34+,37-,38-,39-,40+,41-,42+/m0/s1. The van der Waals surface area contributed by atoms with E-state index < -0.39 is 0 Å². The van der Waals surface area contributed by atoms with Crippen molar-refractivity contribution in [2.24, 2.45) is 51.2 Å². The van der Waals surface area contributed by atoms with Crippen LogP contribution in [0.5, 0.6) is 0 Å². The summed E-state index contributed by atoms with van der Waals surface area (Å²) < 4.78 is 13.7. The molecule has 49 heavy (non-hydrogen) atoms. The lowest BCUT2D eigenvalue weighted by Gasteiger charge is -2.70. The van der Waals surface area contributed by atoms with Gasteiger partial charge in [0, 0.05) is 37.5 Å². The molecule has 4 saturated carbocycles. The van der Waals surface area contributed by atoms with Crippen molar-refractivity contribution in [1.82, 2.24) is 15.1 Å². The van der Waals surface area contributed by atoms with E-state index in [4.69, 9.17) is 9.47 Å². The molecule has 7 nitrogen and oxygen atoms in total. The molecule has 2 amide bonds. The minimum absolute atomic E-state index is 0.0116. The quantitative estimate of drug-likeness (QED) is 0.311. The lowest BCUT2D eigenvalue weighted by molar-refractivity contribution is -0.279. The molecule has 8 rings (SSSR count). The van der Waals surface area contributed by atoms with Crippen LogP contribution in [0.2, 0.25) is 0 Å². The Labute approximate surface area is 297 Å². The first kappa shape index (κ1) is 34.9. The number of hydrogen-bond acceptors (Lipinski definition) is 5. The Bertz CT molecular complexity index is 1270. The van der Waals surface area contributed by atoms with Crippen LogP contribution in [-0.4, -0.2) is 78.4 Å². The highest BCUT2D eigenvalue weighted by Crippen LogP contribution is 2.79. The molecule has 0 radical (unpaired) electrons. The van der Waals surface area contributed by atoms with E-state index in [1.807, 2.05) is 4.90 Å². The first-order valence-electron chi connectivity index (χ1n) is 20.9. The molecular formula is C42H69N3O4. The van der Waals surface area contributed by atoms with Crippen molar-refractivity contribution in [3.05, 3.63) is 0 Å². The molecule has 0 aromatic rings. The number of amides is 2.